The van der Waals surface area contributed by atoms with E-state index in [0.29, 0.717) is 0 Å². The minimum absolute atomic E-state index is 0.899. The van der Waals surface area contributed by atoms with Gasteiger partial charge in [-0.05, 0) is 65.2 Å². The lowest BCUT2D eigenvalue weighted by molar-refractivity contribution is 0.670. The first-order chi connectivity index (χ1) is 22.3. The lowest BCUT2D eigenvalue weighted by atomic mass is 9.97. The van der Waals surface area contributed by atoms with Crippen LogP contribution in [0.15, 0.2) is 156 Å². The van der Waals surface area contributed by atoms with Gasteiger partial charge in [-0.3, -0.25) is 0 Å². The van der Waals surface area contributed by atoms with Crippen LogP contribution in [0.1, 0.15) is 0 Å². The van der Waals surface area contributed by atoms with Crippen molar-refractivity contribution < 1.29 is 4.42 Å². The SMILES string of the molecule is c1ccc(-c2ccc3c(c2)c2ccccc2n3-c2ccc3oc4c(-c5cccc6sc7ccccc7c56)cccc4c3c2)cc1. The van der Waals surface area contributed by atoms with Crippen LogP contribution in [-0.2, 0) is 0 Å². The molecule has 0 saturated heterocycles. The predicted molar refractivity (Wildman–Crippen MR) is 192 cm³/mol. The molecule has 210 valence electrons. The molecule has 2 nitrogen and oxygen atoms in total. The highest BCUT2D eigenvalue weighted by Crippen LogP contribution is 2.44. The average Bonchev–Trinajstić information content (AvgIpc) is 3.77. The van der Waals surface area contributed by atoms with Gasteiger partial charge in [0.15, 0.2) is 0 Å². The molecule has 45 heavy (non-hydrogen) atoms. The summed E-state index contributed by atoms with van der Waals surface area (Å²) in [4.78, 5) is 0. The second kappa shape index (κ2) is 9.43. The first kappa shape index (κ1) is 24.8. The summed E-state index contributed by atoms with van der Waals surface area (Å²) in [5.74, 6) is 0. The van der Waals surface area contributed by atoms with Gasteiger partial charge in [-0.25, -0.2) is 0 Å². The molecule has 0 amide bonds. The third kappa shape index (κ3) is 3.62. The molecule has 10 rings (SSSR count). The summed E-state index contributed by atoms with van der Waals surface area (Å²) in [5.41, 5.74) is 10.1. The van der Waals surface area contributed by atoms with E-state index in [4.69, 9.17) is 4.42 Å². The van der Waals surface area contributed by atoms with Crippen LogP contribution in [0.5, 0.6) is 0 Å². The third-order valence-corrected chi connectivity index (χ3v) is 10.3. The largest absolute Gasteiger partial charge is 0.455 e. The van der Waals surface area contributed by atoms with Crippen molar-refractivity contribution >= 4 is 75.3 Å². The summed E-state index contributed by atoms with van der Waals surface area (Å²) >= 11 is 1.85. The van der Waals surface area contributed by atoms with Gasteiger partial charge >= 0.3 is 0 Å². The molecule has 0 aliphatic rings. The van der Waals surface area contributed by atoms with E-state index in [1.165, 1.54) is 58.7 Å². The Morgan fingerprint density at radius 3 is 2.11 bits per heavy atom. The molecule has 0 aliphatic heterocycles. The number of hydrogen-bond acceptors (Lipinski definition) is 2. The Morgan fingerprint density at radius 1 is 0.444 bits per heavy atom. The zero-order valence-corrected chi connectivity index (χ0v) is 25.0. The van der Waals surface area contributed by atoms with Gasteiger partial charge in [0.1, 0.15) is 11.2 Å². The minimum Gasteiger partial charge on any atom is -0.455 e. The van der Waals surface area contributed by atoms with Gasteiger partial charge in [0.2, 0.25) is 0 Å². The number of thiophene rings is 1. The van der Waals surface area contributed by atoms with Crippen LogP contribution in [-0.4, -0.2) is 4.57 Å². The summed E-state index contributed by atoms with van der Waals surface area (Å²) in [7, 11) is 0. The highest BCUT2D eigenvalue weighted by Gasteiger charge is 2.18. The fraction of sp³-hybridized carbons (Fsp3) is 0. The molecule has 0 unspecified atom stereocenters. The van der Waals surface area contributed by atoms with E-state index < -0.39 is 0 Å². The zero-order chi connectivity index (χ0) is 29.5. The highest BCUT2D eigenvalue weighted by atomic mass is 32.1. The van der Waals surface area contributed by atoms with Crippen molar-refractivity contribution in [3.05, 3.63) is 152 Å². The predicted octanol–water partition coefficient (Wildman–Crippen LogP) is 12.4. The maximum absolute atomic E-state index is 6.68. The van der Waals surface area contributed by atoms with Gasteiger partial charge in [0.25, 0.3) is 0 Å². The summed E-state index contributed by atoms with van der Waals surface area (Å²) in [5, 5.41) is 7.35. The standard InChI is InChI=1S/C42H25NOS/c1-2-10-26(11-3-1)27-20-22-37-34(24-27)29-12-4-6-17-36(29)43(37)28-21-23-38-35(25-28)32-16-8-15-31(42(32)44-38)30-14-9-19-40-41(30)33-13-5-7-18-39(33)45-40/h1-25H. The number of benzene rings is 7. The topological polar surface area (TPSA) is 18.1 Å². The molecule has 3 heteroatoms. The molecule has 0 bridgehead atoms. The molecule has 10 aromatic rings. The molecule has 3 heterocycles. The van der Waals surface area contributed by atoms with Crippen molar-refractivity contribution in [1.82, 2.24) is 4.57 Å². The molecule has 0 saturated carbocycles. The van der Waals surface area contributed by atoms with E-state index in [2.05, 4.69) is 156 Å². The van der Waals surface area contributed by atoms with Crippen molar-refractivity contribution in [3.8, 4) is 27.9 Å². The molecule has 0 spiro atoms. The van der Waals surface area contributed by atoms with Gasteiger partial charge in [-0.15, -0.1) is 11.3 Å². The first-order valence-corrected chi connectivity index (χ1v) is 16.1. The Kier molecular flexibility index (Phi) is 5.19. The van der Waals surface area contributed by atoms with Gasteiger partial charge in [0.05, 0.1) is 11.0 Å². The monoisotopic (exact) mass is 591 g/mol. The first-order valence-electron chi connectivity index (χ1n) is 15.3. The molecular formula is C42H25NOS. The Balaban J connectivity index is 1.20. The summed E-state index contributed by atoms with van der Waals surface area (Å²) in [6.07, 6.45) is 0. The Morgan fingerprint density at radius 2 is 1.18 bits per heavy atom. The van der Waals surface area contributed by atoms with Gasteiger partial charge in [-0.2, -0.15) is 0 Å². The van der Waals surface area contributed by atoms with Crippen molar-refractivity contribution in [3.63, 3.8) is 0 Å². The van der Waals surface area contributed by atoms with Gasteiger partial charge in [-0.1, -0.05) is 103 Å². The fourth-order valence-electron chi connectivity index (χ4n) is 7.20. The number of aromatic nitrogens is 1. The Labute approximate surface area is 263 Å². The van der Waals surface area contributed by atoms with E-state index in [1.54, 1.807) is 0 Å². The minimum atomic E-state index is 0.899. The Hall–Kier alpha value is -5.64. The summed E-state index contributed by atoms with van der Waals surface area (Å²) in [6.45, 7) is 0. The Bertz CT molecular complexity index is 2760. The van der Waals surface area contributed by atoms with Crippen LogP contribution in [0.2, 0.25) is 0 Å². The molecule has 3 aromatic heterocycles. The molecular weight excluding hydrogens is 567 g/mol. The number of furan rings is 1. The molecule has 0 N–H and O–H groups in total. The summed E-state index contributed by atoms with van der Waals surface area (Å²) in [6, 6.07) is 54.6. The fourth-order valence-corrected chi connectivity index (χ4v) is 8.33. The van der Waals surface area contributed by atoms with Crippen LogP contribution in [0.25, 0.3) is 91.9 Å². The lowest BCUT2D eigenvalue weighted by Gasteiger charge is -2.09. The number of para-hydroxylation sites is 2. The quantitative estimate of drug-likeness (QED) is 0.200. The molecule has 0 fully saturated rings. The van der Waals surface area contributed by atoms with E-state index in [9.17, 15) is 0 Å². The van der Waals surface area contributed by atoms with Crippen molar-refractivity contribution in [1.29, 1.82) is 0 Å². The average molecular weight is 592 g/mol. The zero-order valence-electron chi connectivity index (χ0n) is 24.2. The van der Waals surface area contributed by atoms with Crippen molar-refractivity contribution in [2.45, 2.75) is 0 Å². The second-order valence-electron chi connectivity index (χ2n) is 11.7. The van der Waals surface area contributed by atoms with Crippen molar-refractivity contribution in [2.24, 2.45) is 0 Å². The highest BCUT2D eigenvalue weighted by molar-refractivity contribution is 7.25. The number of rotatable bonds is 3. The lowest BCUT2D eigenvalue weighted by Crippen LogP contribution is -1.93. The maximum atomic E-state index is 6.68. The van der Waals surface area contributed by atoms with E-state index in [0.717, 1.165) is 33.2 Å². The van der Waals surface area contributed by atoms with Gasteiger partial charge in [0, 0.05) is 53.0 Å². The molecule has 0 atom stereocenters. The van der Waals surface area contributed by atoms with Crippen LogP contribution in [0, 0.1) is 0 Å². The smallest absolute Gasteiger partial charge is 0.143 e. The normalized spacial score (nSPS) is 12.0. The maximum Gasteiger partial charge on any atom is 0.143 e. The third-order valence-electron chi connectivity index (χ3n) is 9.21. The van der Waals surface area contributed by atoms with E-state index in [-0.39, 0.29) is 0 Å². The van der Waals surface area contributed by atoms with Crippen LogP contribution >= 0.6 is 11.3 Å². The van der Waals surface area contributed by atoms with Crippen molar-refractivity contribution in [2.75, 3.05) is 0 Å². The van der Waals surface area contributed by atoms with Crippen LogP contribution < -0.4 is 0 Å². The van der Waals surface area contributed by atoms with E-state index in [1.807, 2.05) is 11.3 Å². The van der Waals surface area contributed by atoms with Crippen LogP contribution in [0.3, 0.4) is 0 Å². The van der Waals surface area contributed by atoms with Crippen LogP contribution in [0.4, 0.5) is 0 Å². The molecule has 7 aromatic carbocycles. The second-order valence-corrected chi connectivity index (χ2v) is 12.8. The van der Waals surface area contributed by atoms with E-state index >= 15 is 0 Å². The number of hydrogen-bond donors (Lipinski definition) is 0. The molecule has 0 radical (unpaired) electrons. The number of nitrogens with zero attached hydrogens (tertiary/aromatic N) is 1. The number of fused-ring (bicyclic) bond motifs is 9. The van der Waals surface area contributed by atoms with Gasteiger partial charge < -0.3 is 8.98 Å². The summed E-state index contributed by atoms with van der Waals surface area (Å²) < 4.78 is 11.7. The molecule has 0 aliphatic carbocycles.